The number of methoxy groups -OCH3 is 2. The van der Waals surface area contributed by atoms with E-state index in [-0.39, 0.29) is 17.7 Å². The highest BCUT2D eigenvalue weighted by molar-refractivity contribution is 5.83. The Balaban J connectivity index is 1.68. The second-order valence-electron chi connectivity index (χ2n) is 6.19. The second kappa shape index (κ2) is 7.09. The Bertz CT molecular complexity index is 767. The van der Waals surface area contributed by atoms with E-state index in [4.69, 9.17) is 9.47 Å². The Kier molecular flexibility index (Phi) is 4.88. The highest BCUT2D eigenvalue weighted by Crippen LogP contribution is 2.47. The number of benzene rings is 1. The molecule has 1 heterocycles. The molecule has 2 aromatic rings. The maximum absolute atomic E-state index is 14.3. The molecular weight excluding hydrogens is 323 g/mol. The zero-order valence-electron chi connectivity index (χ0n) is 14.5. The van der Waals surface area contributed by atoms with Crippen LogP contribution in [0.25, 0.3) is 0 Å². The number of nitrogens with zero attached hydrogens (tertiary/aromatic N) is 1. The predicted octanol–water partition coefficient (Wildman–Crippen LogP) is 3.22. The summed E-state index contributed by atoms with van der Waals surface area (Å²) < 4.78 is 24.6. The lowest BCUT2D eigenvalue weighted by molar-refractivity contribution is -0.123. The number of carbonyl (C=O) groups is 1. The van der Waals surface area contributed by atoms with Crippen molar-refractivity contribution in [2.24, 2.45) is 5.92 Å². The van der Waals surface area contributed by atoms with Crippen LogP contribution < -0.4 is 14.8 Å². The SMILES string of the molecule is COc1cc(F)c([C@H](C)NC(=O)[C@H]2C[C@H]2c2cccnc2)cc1OC. The summed E-state index contributed by atoms with van der Waals surface area (Å²) in [5.74, 6) is 0.340. The van der Waals surface area contributed by atoms with Gasteiger partial charge in [0.2, 0.25) is 5.91 Å². The Morgan fingerprint density at radius 3 is 2.68 bits per heavy atom. The van der Waals surface area contributed by atoms with Crippen molar-refractivity contribution in [2.75, 3.05) is 14.2 Å². The van der Waals surface area contributed by atoms with Crippen molar-refractivity contribution in [2.45, 2.75) is 25.3 Å². The van der Waals surface area contributed by atoms with Crippen molar-refractivity contribution < 1.29 is 18.7 Å². The number of halogens is 1. The van der Waals surface area contributed by atoms with Crippen LogP contribution >= 0.6 is 0 Å². The Labute approximate surface area is 146 Å². The molecule has 3 atom stereocenters. The molecule has 0 saturated heterocycles. The molecule has 132 valence electrons. The van der Waals surface area contributed by atoms with Crippen molar-refractivity contribution in [1.82, 2.24) is 10.3 Å². The normalized spacial score (nSPS) is 19.8. The molecule has 1 aromatic heterocycles. The van der Waals surface area contributed by atoms with Gasteiger partial charge in [0.1, 0.15) is 5.82 Å². The third-order valence-corrected chi connectivity index (χ3v) is 4.57. The van der Waals surface area contributed by atoms with Gasteiger partial charge in [-0.25, -0.2) is 4.39 Å². The van der Waals surface area contributed by atoms with E-state index in [0.717, 1.165) is 12.0 Å². The Morgan fingerprint density at radius 2 is 2.04 bits per heavy atom. The number of pyridine rings is 1. The lowest BCUT2D eigenvalue weighted by atomic mass is 10.1. The zero-order valence-corrected chi connectivity index (χ0v) is 14.5. The fourth-order valence-electron chi connectivity index (χ4n) is 3.05. The third-order valence-electron chi connectivity index (χ3n) is 4.57. The van der Waals surface area contributed by atoms with Crippen LogP contribution in [0.5, 0.6) is 11.5 Å². The van der Waals surface area contributed by atoms with Gasteiger partial charge in [-0.2, -0.15) is 0 Å². The van der Waals surface area contributed by atoms with Crippen molar-refractivity contribution in [3.8, 4) is 11.5 Å². The first-order valence-corrected chi connectivity index (χ1v) is 8.16. The van der Waals surface area contributed by atoms with Crippen LogP contribution in [0.4, 0.5) is 4.39 Å². The molecule has 1 aliphatic rings. The minimum atomic E-state index is -0.470. The first-order chi connectivity index (χ1) is 12.0. The van der Waals surface area contributed by atoms with E-state index >= 15 is 0 Å². The molecule has 1 N–H and O–H groups in total. The monoisotopic (exact) mass is 344 g/mol. The lowest BCUT2D eigenvalue weighted by Crippen LogP contribution is -2.29. The molecule has 6 heteroatoms. The van der Waals surface area contributed by atoms with Crippen molar-refractivity contribution in [3.05, 3.63) is 53.6 Å². The molecule has 1 aromatic carbocycles. The summed E-state index contributed by atoms with van der Waals surface area (Å²) in [5.41, 5.74) is 1.43. The Hall–Kier alpha value is -2.63. The van der Waals surface area contributed by atoms with Gasteiger partial charge in [-0.05, 0) is 37.0 Å². The van der Waals surface area contributed by atoms with Gasteiger partial charge in [-0.15, -0.1) is 0 Å². The van der Waals surface area contributed by atoms with E-state index in [0.29, 0.717) is 17.1 Å². The van der Waals surface area contributed by atoms with Crippen LogP contribution in [-0.4, -0.2) is 25.1 Å². The molecule has 3 rings (SSSR count). The van der Waals surface area contributed by atoms with E-state index in [1.807, 2.05) is 12.1 Å². The molecule has 0 aliphatic heterocycles. The van der Waals surface area contributed by atoms with Crippen molar-refractivity contribution in [1.29, 1.82) is 0 Å². The highest BCUT2D eigenvalue weighted by atomic mass is 19.1. The highest BCUT2D eigenvalue weighted by Gasteiger charge is 2.44. The molecule has 1 aliphatic carbocycles. The van der Waals surface area contributed by atoms with E-state index < -0.39 is 11.9 Å². The van der Waals surface area contributed by atoms with Gasteiger partial charge in [0.05, 0.1) is 20.3 Å². The first kappa shape index (κ1) is 17.2. The molecule has 1 amide bonds. The number of nitrogens with one attached hydrogen (secondary N) is 1. The molecular formula is C19H21FN2O3. The van der Waals surface area contributed by atoms with E-state index in [2.05, 4.69) is 10.3 Å². The molecule has 5 nitrogen and oxygen atoms in total. The van der Waals surface area contributed by atoms with Crippen LogP contribution in [0.1, 0.15) is 36.4 Å². The molecule has 25 heavy (non-hydrogen) atoms. The molecule has 0 bridgehead atoms. The fourth-order valence-corrected chi connectivity index (χ4v) is 3.05. The molecule has 1 saturated carbocycles. The third kappa shape index (κ3) is 3.57. The van der Waals surface area contributed by atoms with Crippen LogP contribution in [0.2, 0.25) is 0 Å². The quantitative estimate of drug-likeness (QED) is 0.874. The maximum Gasteiger partial charge on any atom is 0.224 e. The number of rotatable bonds is 6. The first-order valence-electron chi connectivity index (χ1n) is 8.16. The van der Waals surface area contributed by atoms with Gasteiger partial charge >= 0.3 is 0 Å². The summed E-state index contributed by atoms with van der Waals surface area (Å²) in [6.45, 7) is 1.75. The summed E-state index contributed by atoms with van der Waals surface area (Å²) in [6.07, 6.45) is 4.29. The minimum absolute atomic E-state index is 0.0736. The lowest BCUT2D eigenvalue weighted by Gasteiger charge is -2.17. The average molecular weight is 344 g/mol. The molecule has 0 spiro atoms. The van der Waals surface area contributed by atoms with Crippen molar-refractivity contribution in [3.63, 3.8) is 0 Å². The van der Waals surface area contributed by atoms with E-state index in [1.165, 1.54) is 20.3 Å². The predicted molar refractivity (Wildman–Crippen MR) is 91.1 cm³/mol. The molecule has 1 fully saturated rings. The number of hydrogen-bond acceptors (Lipinski definition) is 4. The summed E-state index contributed by atoms with van der Waals surface area (Å²) in [7, 11) is 2.94. The van der Waals surface area contributed by atoms with Gasteiger partial charge in [-0.3, -0.25) is 9.78 Å². The van der Waals surface area contributed by atoms with Gasteiger partial charge in [0.25, 0.3) is 0 Å². The number of hydrogen-bond donors (Lipinski definition) is 1. The van der Waals surface area contributed by atoms with Gasteiger partial charge < -0.3 is 14.8 Å². The number of ether oxygens (including phenoxy) is 2. The standard InChI is InChI=1S/C19H21FN2O3/c1-11(13-8-17(24-2)18(25-3)9-16(13)20)22-19(23)15-7-14(15)12-5-4-6-21-10-12/h4-6,8-11,14-15H,7H2,1-3H3,(H,22,23)/t11-,14-,15-/m0/s1. The van der Waals surface area contributed by atoms with Crippen LogP contribution in [0.3, 0.4) is 0 Å². The minimum Gasteiger partial charge on any atom is -0.493 e. The fraction of sp³-hybridized carbons (Fsp3) is 0.368. The summed E-state index contributed by atoms with van der Waals surface area (Å²) >= 11 is 0. The molecule has 0 unspecified atom stereocenters. The van der Waals surface area contributed by atoms with Crippen LogP contribution in [-0.2, 0) is 4.79 Å². The van der Waals surface area contributed by atoms with Crippen LogP contribution in [0, 0.1) is 11.7 Å². The largest absolute Gasteiger partial charge is 0.493 e. The number of carbonyl (C=O) groups excluding carboxylic acids is 1. The van der Waals surface area contributed by atoms with E-state index in [1.54, 1.807) is 25.4 Å². The zero-order chi connectivity index (χ0) is 18.0. The van der Waals surface area contributed by atoms with Gasteiger partial charge in [0.15, 0.2) is 11.5 Å². The van der Waals surface area contributed by atoms with E-state index in [9.17, 15) is 9.18 Å². The second-order valence-corrected chi connectivity index (χ2v) is 6.19. The topological polar surface area (TPSA) is 60.5 Å². The van der Waals surface area contributed by atoms with Gasteiger partial charge in [-0.1, -0.05) is 6.07 Å². The van der Waals surface area contributed by atoms with Crippen molar-refractivity contribution >= 4 is 5.91 Å². The van der Waals surface area contributed by atoms with Gasteiger partial charge in [0, 0.05) is 29.9 Å². The number of amides is 1. The summed E-state index contributed by atoms with van der Waals surface area (Å²) in [4.78, 5) is 16.5. The smallest absolute Gasteiger partial charge is 0.224 e. The maximum atomic E-state index is 14.3. The van der Waals surface area contributed by atoms with Crippen LogP contribution in [0.15, 0.2) is 36.7 Å². The average Bonchev–Trinajstić information content (AvgIpc) is 3.43. The summed E-state index contributed by atoms with van der Waals surface area (Å²) in [5, 5.41) is 2.89. The Morgan fingerprint density at radius 1 is 1.32 bits per heavy atom. The molecule has 0 radical (unpaired) electrons. The number of aromatic nitrogens is 1. The summed E-state index contributed by atoms with van der Waals surface area (Å²) in [6, 6.07) is 6.20.